The van der Waals surface area contributed by atoms with E-state index >= 15 is 0 Å². The molecule has 2 aromatic rings. The van der Waals surface area contributed by atoms with Gasteiger partial charge in [0.1, 0.15) is 6.61 Å². The highest BCUT2D eigenvalue weighted by atomic mass is 19.1. The van der Waals surface area contributed by atoms with E-state index in [0.717, 1.165) is 29.7 Å². The molecule has 31 heavy (non-hydrogen) atoms. The Labute approximate surface area is 180 Å². The van der Waals surface area contributed by atoms with Crippen molar-refractivity contribution in [2.45, 2.75) is 19.4 Å². The normalized spacial score (nSPS) is 20.4. The molecule has 1 atom stereocenters. The quantitative estimate of drug-likeness (QED) is 0.758. The Morgan fingerprint density at radius 3 is 3.00 bits per heavy atom. The van der Waals surface area contributed by atoms with Crippen molar-refractivity contribution in [2.24, 2.45) is 5.92 Å². The van der Waals surface area contributed by atoms with Crippen LogP contribution in [0.15, 0.2) is 30.5 Å². The lowest BCUT2D eigenvalue weighted by molar-refractivity contribution is 0.0655. The van der Waals surface area contributed by atoms with Crippen molar-refractivity contribution in [3.05, 3.63) is 47.2 Å². The lowest BCUT2D eigenvalue weighted by atomic mass is 9.99. The molecule has 1 aromatic carbocycles. The van der Waals surface area contributed by atoms with Crippen LogP contribution in [-0.2, 0) is 6.54 Å². The van der Waals surface area contributed by atoms with Crippen LogP contribution in [-0.4, -0.2) is 66.6 Å². The third-order valence-corrected chi connectivity index (χ3v) is 6.32. The second kappa shape index (κ2) is 7.83. The third kappa shape index (κ3) is 3.49. The highest BCUT2D eigenvalue weighted by molar-refractivity contribution is 5.99. The molecule has 0 spiro atoms. The number of likely N-dealkylation sites (tertiary alicyclic amines) is 1. The summed E-state index contributed by atoms with van der Waals surface area (Å²) in [6.45, 7) is 2.38. The highest BCUT2D eigenvalue weighted by Gasteiger charge is 2.29. The van der Waals surface area contributed by atoms with Crippen molar-refractivity contribution < 1.29 is 18.7 Å². The van der Waals surface area contributed by atoms with Gasteiger partial charge in [0.25, 0.3) is 11.8 Å². The smallest absolute Gasteiger partial charge is 0.255 e. The van der Waals surface area contributed by atoms with Crippen molar-refractivity contribution in [2.75, 3.05) is 44.9 Å². The number of carbonyl (C=O) groups is 2. The molecule has 0 N–H and O–H groups in total. The minimum Gasteiger partial charge on any atom is -0.488 e. The molecule has 3 aliphatic rings. The van der Waals surface area contributed by atoms with Gasteiger partial charge in [0, 0.05) is 50.0 Å². The van der Waals surface area contributed by atoms with Gasteiger partial charge in [-0.1, -0.05) is 0 Å². The summed E-state index contributed by atoms with van der Waals surface area (Å²) in [5.74, 6) is 1.04. The van der Waals surface area contributed by atoms with E-state index < -0.39 is 6.67 Å². The van der Waals surface area contributed by atoms with Crippen LogP contribution in [0, 0.1) is 5.92 Å². The maximum absolute atomic E-state index is 13.1. The zero-order valence-electron chi connectivity index (χ0n) is 17.5. The number of alkyl halides is 1. The lowest BCUT2D eigenvalue weighted by Crippen LogP contribution is -2.40. The summed E-state index contributed by atoms with van der Waals surface area (Å²) >= 11 is 0. The van der Waals surface area contributed by atoms with E-state index in [9.17, 15) is 14.0 Å². The van der Waals surface area contributed by atoms with E-state index in [0.29, 0.717) is 49.9 Å². The number of amides is 2. The van der Waals surface area contributed by atoms with Crippen LogP contribution in [0.5, 0.6) is 5.75 Å². The van der Waals surface area contributed by atoms with Crippen molar-refractivity contribution in [1.29, 1.82) is 0 Å². The highest BCUT2D eigenvalue weighted by Crippen LogP contribution is 2.37. The van der Waals surface area contributed by atoms with E-state index in [2.05, 4.69) is 9.88 Å². The number of anilines is 2. The molecule has 1 saturated heterocycles. The summed E-state index contributed by atoms with van der Waals surface area (Å²) < 4.78 is 18.9. The maximum Gasteiger partial charge on any atom is 0.255 e. The van der Waals surface area contributed by atoms with E-state index in [-0.39, 0.29) is 17.7 Å². The van der Waals surface area contributed by atoms with Crippen LogP contribution in [0.25, 0.3) is 0 Å². The molecule has 2 amide bonds. The summed E-state index contributed by atoms with van der Waals surface area (Å²) in [5.41, 5.74) is 3.14. The molecule has 1 fully saturated rings. The summed E-state index contributed by atoms with van der Waals surface area (Å²) in [6, 6.07) is 7.55. The predicted octanol–water partition coefficient (Wildman–Crippen LogP) is 3.02. The summed E-state index contributed by atoms with van der Waals surface area (Å²) in [6.07, 6.45) is 3.22. The average molecular weight is 424 g/mol. The Kier molecular flexibility index (Phi) is 5.00. The first kappa shape index (κ1) is 19.8. The molecule has 7 nitrogen and oxygen atoms in total. The minimum atomic E-state index is -0.396. The first-order valence-corrected chi connectivity index (χ1v) is 10.7. The maximum atomic E-state index is 13.1. The van der Waals surface area contributed by atoms with Crippen molar-refractivity contribution in [3.8, 4) is 5.75 Å². The Morgan fingerprint density at radius 2 is 2.16 bits per heavy atom. The van der Waals surface area contributed by atoms with Crippen molar-refractivity contribution >= 4 is 23.3 Å². The number of benzene rings is 1. The predicted molar refractivity (Wildman–Crippen MR) is 114 cm³/mol. The number of ether oxygens (including phenoxy) is 1. The topological polar surface area (TPSA) is 66.0 Å². The van der Waals surface area contributed by atoms with Gasteiger partial charge in [0.15, 0.2) is 11.6 Å². The standard InChI is InChI=1S/C23H25FN4O3/c1-26-14-17-9-18(4-5-19(17)23(26)30)28-7-8-31-20-10-16(12-25-21(20)28)22(29)27-6-2-3-15(11-24)13-27/h4-5,9-10,12,15H,2-3,6-8,11,13-14H2,1H3/t15-/m0/s1. The van der Waals surface area contributed by atoms with Crippen LogP contribution in [0.1, 0.15) is 39.1 Å². The molecule has 4 heterocycles. The van der Waals surface area contributed by atoms with Gasteiger partial charge in [-0.3, -0.25) is 14.0 Å². The zero-order valence-corrected chi connectivity index (χ0v) is 17.5. The van der Waals surface area contributed by atoms with Crippen LogP contribution < -0.4 is 9.64 Å². The first-order valence-electron chi connectivity index (χ1n) is 10.7. The Hall–Kier alpha value is -3.16. The molecule has 0 saturated carbocycles. The lowest BCUT2D eigenvalue weighted by Gasteiger charge is -2.33. The number of hydrogen-bond donors (Lipinski definition) is 0. The molecule has 1 aromatic heterocycles. The number of carbonyl (C=O) groups excluding carboxylic acids is 2. The fraction of sp³-hybridized carbons (Fsp3) is 0.435. The van der Waals surface area contributed by atoms with E-state index in [4.69, 9.17) is 4.74 Å². The summed E-state index contributed by atoms with van der Waals surface area (Å²) in [5, 5.41) is 0. The zero-order chi connectivity index (χ0) is 21.5. The first-order chi connectivity index (χ1) is 15.0. The average Bonchev–Trinajstić information content (AvgIpc) is 3.10. The van der Waals surface area contributed by atoms with Crippen LogP contribution >= 0.6 is 0 Å². The monoisotopic (exact) mass is 424 g/mol. The van der Waals surface area contributed by atoms with E-state index in [1.807, 2.05) is 18.2 Å². The molecule has 5 rings (SSSR count). The molecule has 3 aliphatic heterocycles. The number of fused-ring (bicyclic) bond motifs is 2. The fourth-order valence-corrected chi connectivity index (χ4v) is 4.65. The second-order valence-corrected chi connectivity index (χ2v) is 8.46. The molecule has 0 unspecified atom stereocenters. The number of halogens is 1. The fourth-order valence-electron chi connectivity index (χ4n) is 4.65. The SMILES string of the molecule is CN1Cc2cc(N3CCOc4cc(C(=O)N5CCC[C@@H](CF)C5)cnc43)ccc2C1=O. The molecule has 162 valence electrons. The van der Waals surface area contributed by atoms with Gasteiger partial charge in [0.05, 0.1) is 18.8 Å². The van der Waals surface area contributed by atoms with Gasteiger partial charge in [0.2, 0.25) is 0 Å². The molecule has 0 bridgehead atoms. The number of rotatable bonds is 3. The Morgan fingerprint density at radius 1 is 1.29 bits per heavy atom. The third-order valence-electron chi connectivity index (χ3n) is 6.32. The van der Waals surface area contributed by atoms with Gasteiger partial charge < -0.3 is 19.4 Å². The molecule has 0 aliphatic carbocycles. The molecule has 8 heteroatoms. The van der Waals surface area contributed by atoms with Crippen molar-refractivity contribution in [1.82, 2.24) is 14.8 Å². The number of pyridine rings is 1. The van der Waals surface area contributed by atoms with Crippen LogP contribution in [0.2, 0.25) is 0 Å². The van der Waals surface area contributed by atoms with E-state index in [1.54, 1.807) is 29.1 Å². The number of aromatic nitrogens is 1. The van der Waals surface area contributed by atoms with Crippen molar-refractivity contribution in [3.63, 3.8) is 0 Å². The van der Waals surface area contributed by atoms with Crippen LogP contribution in [0.3, 0.4) is 0 Å². The minimum absolute atomic E-state index is 0.0397. The van der Waals surface area contributed by atoms with Gasteiger partial charge >= 0.3 is 0 Å². The molecule has 0 radical (unpaired) electrons. The Balaban J connectivity index is 1.41. The summed E-state index contributed by atoms with van der Waals surface area (Å²) in [7, 11) is 1.80. The largest absolute Gasteiger partial charge is 0.488 e. The van der Waals surface area contributed by atoms with Gasteiger partial charge in [-0.05, 0) is 42.7 Å². The summed E-state index contributed by atoms with van der Waals surface area (Å²) in [4.78, 5) is 35.1. The van der Waals surface area contributed by atoms with Crippen LogP contribution in [0.4, 0.5) is 15.9 Å². The Bertz CT molecular complexity index is 1040. The van der Waals surface area contributed by atoms with Gasteiger partial charge in [-0.25, -0.2) is 4.98 Å². The number of hydrogen-bond acceptors (Lipinski definition) is 5. The number of nitrogens with zero attached hydrogens (tertiary/aromatic N) is 4. The van der Waals surface area contributed by atoms with Gasteiger partial charge in [-0.2, -0.15) is 0 Å². The second-order valence-electron chi connectivity index (χ2n) is 8.46. The molecular formula is C23H25FN4O3. The van der Waals surface area contributed by atoms with E-state index in [1.165, 1.54) is 0 Å². The molecular weight excluding hydrogens is 399 g/mol. The van der Waals surface area contributed by atoms with Gasteiger partial charge in [-0.15, -0.1) is 0 Å². The number of piperidine rings is 1.